The molecule has 0 saturated carbocycles. The number of aliphatic hydroxyl groups excluding tert-OH is 1. The van der Waals surface area contributed by atoms with Gasteiger partial charge in [0.25, 0.3) is 0 Å². The Kier molecular flexibility index (Phi) is 9.46. The summed E-state index contributed by atoms with van der Waals surface area (Å²) in [6.45, 7) is 6.22. The minimum Gasteiger partial charge on any atom is -0.394 e. The van der Waals surface area contributed by atoms with Crippen molar-refractivity contribution < 1.29 is 14.6 Å². The van der Waals surface area contributed by atoms with Gasteiger partial charge in [-0.05, 0) is 13.8 Å². The maximum Gasteiger partial charge on any atom is 0.221 e. The third kappa shape index (κ3) is 11.3. The van der Waals surface area contributed by atoms with Gasteiger partial charge < -0.3 is 20.5 Å². The molecule has 3 N–H and O–H groups in total. The van der Waals surface area contributed by atoms with Gasteiger partial charge in [0.15, 0.2) is 0 Å². The molecular formula is C10H22N2O3. The normalized spacial score (nSPS) is 10.7. The van der Waals surface area contributed by atoms with Crippen LogP contribution in [0, 0.1) is 0 Å². The lowest BCUT2D eigenvalue weighted by Gasteiger charge is -2.08. The van der Waals surface area contributed by atoms with Crippen molar-refractivity contribution in [3.05, 3.63) is 0 Å². The second kappa shape index (κ2) is 9.89. The molecule has 5 nitrogen and oxygen atoms in total. The molecule has 0 saturated heterocycles. The minimum atomic E-state index is 0.0524. The third-order valence-corrected chi connectivity index (χ3v) is 1.64. The van der Waals surface area contributed by atoms with Gasteiger partial charge in [0, 0.05) is 25.6 Å². The van der Waals surface area contributed by atoms with Gasteiger partial charge in [-0.25, -0.2) is 0 Å². The van der Waals surface area contributed by atoms with Gasteiger partial charge in [0.2, 0.25) is 5.91 Å². The topological polar surface area (TPSA) is 70.6 Å². The molecule has 0 aliphatic heterocycles. The summed E-state index contributed by atoms with van der Waals surface area (Å²) in [4.78, 5) is 11.2. The smallest absolute Gasteiger partial charge is 0.221 e. The Morgan fingerprint density at radius 3 is 2.67 bits per heavy atom. The van der Waals surface area contributed by atoms with Gasteiger partial charge in [0.05, 0.1) is 19.8 Å². The number of amides is 1. The first kappa shape index (κ1) is 14.3. The van der Waals surface area contributed by atoms with E-state index in [-0.39, 0.29) is 18.6 Å². The standard InChI is InChI=1S/C10H22N2O3/c1-9(2)12-10(14)3-4-11-5-7-15-8-6-13/h9,11,13H,3-8H2,1-2H3,(H,12,14). The van der Waals surface area contributed by atoms with Crippen LogP contribution in [0.1, 0.15) is 20.3 Å². The molecule has 0 rings (SSSR count). The highest BCUT2D eigenvalue weighted by Crippen LogP contribution is 1.82. The van der Waals surface area contributed by atoms with Crippen molar-refractivity contribution in [3.8, 4) is 0 Å². The second-order valence-corrected chi connectivity index (χ2v) is 3.56. The molecule has 0 aromatic carbocycles. The second-order valence-electron chi connectivity index (χ2n) is 3.56. The summed E-state index contributed by atoms with van der Waals surface area (Å²) in [5, 5.41) is 14.3. The van der Waals surface area contributed by atoms with Crippen LogP contribution in [-0.4, -0.2) is 50.0 Å². The zero-order valence-electron chi connectivity index (χ0n) is 9.58. The summed E-state index contributed by atoms with van der Waals surface area (Å²) in [7, 11) is 0. The van der Waals surface area contributed by atoms with Gasteiger partial charge in [-0.2, -0.15) is 0 Å². The monoisotopic (exact) mass is 218 g/mol. The molecule has 0 aromatic rings. The first-order valence-electron chi connectivity index (χ1n) is 5.35. The first-order chi connectivity index (χ1) is 7.16. The molecule has 0 aromatic heterocycles. The molecule has 0 fully saturated rings. The van der Waals surface area contributed by atoms with Crippen molar-refractivity contribution in [1.29, 1.82) is 0 Å². The SMILES string of the molecule is CC(C)NC(=O)CCNCCOCCO. The lowest BCUT2D eigenvalue weighted by Crippen LogP contribution is -2.33. The number of ether oxygens (including phenoxy) is 1. The van der Waals surface area contributed by atoms with Gasteiger partial charge >= 0.3 is 0 Å². The molecule has 0 heterocycles. The lowest BCUT2D eigenvalue weighted by molar-refractivity contribution is -0.121. The van der Waals surface area contributed by atoms with E-state index in [1.807, 2.05) is 13.8 Å². The van der Waals surface area contributed by atoms with E-state index in [1.165, 1.54) is 0 Å². The van der Waals surface area contributed by atoms with E-state index in [4.69, 9.17) is 9.84 Å². The zero-order chi connectivity index (χ0) is 11.5. The molecule has 0 spiro atoms. The molecule has 0 aliphatic rings. The lowest BCUT2D eigenvalue weighted by atomic mass is 10.3. The van der Waals surface area contributed by atoms with Crippen molar-refractivity contribution in [3.63, 3.8) is 0 Å². The van der Waals surface area contributed by atoms with Gasteiger partial charge in [-0.15, -0.1) is 0 Å². The van der Waals surface area contributed by atoms with Crippen LogP contribution in [0.5, 0.6) is 0 Å². The summed E-state index contributed by atoms with van der Waals surface area (Å²) in [6.07, 6.45) is 0.484. The predicted molar refractivity (Wildman–Crippen MR) is 58.7 cm³/mol. The zero-order valence-corrected chi connectivity index (χ0v) is 9.58. The van der Waals surface area contributed by atoms with Gasteiger partial charge in [0.1, 0.15) is 0 Å². The number of hydrogen-bond acceptors (Lipinski definition) is 4. The third-order valence-electron chi connectivity index (χ3n) is 1.64. The van der Waals surface area contributed by atoms with Crippen molar-refractivity contribution in [2.24, 2.45) is 0 Å². The van der Waals surface area contributed by atoms with Gasteiger partial charge in [-0.3, -0.25) is 4.79 Å². The average molecular weight is 218 g/mol. The van der Waals surface area contributed by atoms with Crippen LogP contribution in [-0.2, 0) is 9.53 Å². The van der Waals surface area contributed by atoms with E-state index in [0.29, 0.717) is 32.7 Å². The summed E-state index contributed by atoms with van der Waals surface area (Å²) in [6, 6.07) is 0.199. The van der Waals surface area contributed by atoms with E-state index in [2.05, 4.69) is 10.6 Å². The van der Waals surface area contributed by atoms with Crippen molar-refractivity contribution >= 4 is 5.91 Å². The van der Waals surface area contributed by atoms with Crippen LogP contribution in [0.15, 0.2) is 0 Å². The molecule has 1 amide bonds. The summed E-state index contributed by atoms with van der Waals surface area (Å²) < 4.78 is 5.04. The Morgan fingerprint density at radius 2 is 2.07 bits per heavy atom. The molecule has 15 heavy (non-hydrogen) atoms. The van der Waals surface area contributed by atoms with E-state index in [0.717, 1.165) is 0 Å². The molecule has 0 bridgehead atoms. The van der Waals surface area contributed by atoms with Crippen molar-refractivity contribution in [1.82, 2.24) is 10.6 Å². The molecule has 5 heteroatoms. The number of rotatable bonds is 9. The largest absolute Gasteiger partial charge is 0.394 e. The minimum absolute atomic E-state index is 0.0524. The average Bonchev–Trinajstić information content (AvgIpc) is 2.15. The predicted octanol–water partition coefficient (Wildman–Crippen LogP) is -0.500. The Balaban J connectivity index is 3.13. The fourth-order valence-corrected chi connectivity index (χ4v) is 1.03. The molecule has 0 atom stereocenters. The summed E-state index contributed by atoms with van der Waals surface area (Å²) in [5.41, 5.74) is 0. The highest BCUT2D eigenvalue weighted by Gasteiger charge is 2.01. The maximum absolute atomic E-state index is 11.2. The number of aliphatic hydroxyl groups is 1. The molecule has 0 unspecified atom stereocenters. The summed E-state index contributed by atoms with van der Waals surface area (Å²) >= 11 is 0. The molecule has 0 radical (unpaired) electrons. The van der Waals surface area contributed by atoms with Crippen LogP contribution in [0.3, 0.4) is 0 Å². The van der Waals surface area contributed by atoms with Crippen LogP contribution < -0.4 is 10.6 Å². The molecule has 90 valence electrons. The number of carbonyl (C=O) groups is 1. The number of carbonyl (C=O) groups excluding carboxylic acids is 1. The van der Waals surface area contributed by atoms with E-state index < -0.39 is 0 Å². The summed E-state index contributed by atoms with van der Waals surface area (Å²) in [5.74, 6) is 0.0637. The highest BCUT2D eigenvalue weighted by atomic mass is 16.5. The molecule has 0 aliphatic carbocycles. The van der Waals surface area contributed by atoms with E-state index in [9.17, 15) is 4.79 Å². The Bertz CT molecular complexity index is 163. The Labute approximate surface area is 91.2 Å². The Morgan fingerprint density at radius 1 is 1.33 bits per heavy atom. The van der Waals surface area contributed by atoms with E-state index in [1.54, 1.807) is 0 Å². The van der Waals surface area contributed by atoms with Crippen molar-refractivity contribution in [2.45, 2.75) is 26.3 Å². The number of hydrogen-bond donors (Lipinski definition) is 3. The quantitative estimate of drug-likeness (QED) is 0.456. The fourth-order valence-electron chi connectivity index (χ4n) is 1.03. The van der Waals surface area contributed by atoms with Crippen LogP contribution >= 0.6 is 0 Å². The fraction of sp³-hybridized carbons (Fsp3) is 0.900. The van der Waals surface area contributed by atoms with Crippen LogP contribution in [0.2, 0.25) is 0 Å². The van der Waals surface area contributed by atoms with Crippen molar-refractivity contribution in [2.75, 3.05) is 32.9 Å². The highest BCUT2D eigenvalue weighted by molar-refractivity contribution is 5.76. The van der Waals surface area contributed by atoms with Gasteiger partial charge in [-0.1, -0.05) is 0 Å². The Hall–Kier alpha value is -0.650. The molecular weight excluding hydrogens is 196 g/mol. The maximum atomic E-state index is 11.2. The van der Waals surface area contributed by atoms with Crippen LogP contribution in [0.25, 0.3) is 0 Å². The number of nitrogens with one attached hydrogen (secondary N) is 2. The first-order valence-corrected chi connectivity index (χ1v) is 5.35. The van der Waals surface area contributed by atoms with E-state index >= 15 is 0 Å². The van der Waals surface area contributed by atoms with Crippen LogP contribution in [0.4, 0.5) is 0 Å².